The first-order valence-corrected chi connectivity index (χ1v) is 9.86. The van der Waals surface area contributed by atoms with E-state index in [4.69, 9.17) is 14.2 Å². The molecule has 0 saturated heterocycles. The first-order chi connectivity index (χ1) is 15.5. The van der Waals surface area contributed by atoms with E-state index in [2.05, 4.69) is 4.74 Å². The van der Waals surface area contributed by atoms with Crippen LogP contribution in [0.2, 0.25) is 0 Å². The summed E-state index contributed by atoms with van der Waals surface area (Å²) in [5.41, 5.74) is 1.17. The molecular formula is C25H18O7. The van der Waals surface area contributed by atoms with Gasteiger partial charge in [-0.05, 0) is 35.9 Å². The number of para-hydroxylation sites is 1. The van der Waals surface area contributed by atoms with Gasteiger partial charge in [0, 0.05) is 11.6 Å². The minimum Gasteiger partial charge on any atom is -0.466 e. The minimum atomic E-state index is -2.50. The lowest BCUT2D eigenvalue weighted by Gasteiger charge is -2.49. The van der Waals surface area contributed by atoms with E-state index in [1.165, 1.54) is 19.3 Å². The van der Waals surface area contributed by atoms with E-state index in [9.17, 15) is 14.7 Å². The Balaban J connectivity index is 1.66. The van der Waals surface area contributed by atoms with Crippen LogP contribution in [0.5, 0.6) is 17.2 Å². The second-order valence-electron chi connectivity index (χ2n) is 7.32. The molecule has 0 aliphatic carbocycles. The van der Waals surface area contributed by atoms with Crippen molar-refractivity contribution in [2.45, 2.75) is 11.6 Å². The highest BCUT2D eigenvalue weighted by molar-refractivity contribution is 6.06. The number of ether oxygens (including phenoxy) is 4. The van der Waals surface area contributed by atoms with Crippen LogP contribution in [-0.2, 0) is 15.3 Å². The fraction of sp³-hybridized carbons (Fsp3) is 0.120. The SMILES string of the molecule is COC(=O)/C=C/c1ccc2c(c1)OC1(O)C(=O)c3ccccc3OC1(c1ccccc1)O2. The van der Waals surface area contributed by atoms with Crippen LogP contribution < -0.4 is 14.2 Å². The number of methoxy groups -OCH3 is 1. The van der Waals surface area contributed by atoms with Gasteiger partial charge in [0.2, 0.25) is 5.78 Å². The van der Waals surface area contributed by atoms with E-state index in [0.717, 1.165) is 0 Å². The van der Waals surface area contributed by atoms with Crippen molar-refractivity contribution < 1.29 is 33.6 Å². The van der Waals surface area contributed by atoms with Gasteiger partial charge in [-0.25, -0.2) is 4.79 Å². The lowest BCUT2D eigenvalue weighted by molar-refractivity contribution is -0.316. The molecule has 0 radical (unpaired) electrons. The highest BCUT2D eigenvalue weighted by atomic mass is 16.8. The van der Waals surface area contributed by atoms with Crippen molar-refractivity contribution in [1.82, 2.24) is 0 Å². The average Bonchev–Trinajstić information content (AvgIpc) is 2.82. The Morgan fingerprint density at radius 1 is 0.906 bits per heavy atom. The van der Waals surface area contributed by atoms with Crippen molar-refractivity contribution in [2.75, 3.05) is 7.11 Å². The number of aliphatic hydroxyl groups is 1. The minimum absolute atomic E-state index is 0.127. The molecule has 1 N–H and O–H groups in total. The number of benzene rings is 3. The molecule has 7 heteroatoms. The molecule has 2 atom stereocenters. The van der Waals surface area contributed by atoms with Gasteiger partial charge in [-0.3, -0.25) is 4.79 Å². The Labute approximate surface area is 183 Å². The summed E-state index contributed by atoms with van der Waals surface area (Å²) >= 11 is 0. The van der Waals surface area contributed by atoms with E-state index in [0.29, 0.717) is 11.1 Å². The molecule has 2 unspecified atom stereocenters. The van der Waals surface area contributed by atoms with Crippen molar-refractivity contribution in [2.24, 2.45) is 0 Å². The Kier molecular flexibility index (Phi) is 4.49. The third-order valence-corrected chi connectivity index (χ3v) is 5.39. The van der Waals surface area contributed by atoms with Crippen LogP contribution in [0.4, 0.5) is 0 Å². The molecule has 0 aromatic heterocycles. The average molecular weight is 430 g/mol. The van der Waals surface area contributed by atoms with Gasteiger partial charge in [-0.15, -0.1) is 0 Å². The number of hydrogen-bond donors (Lipinski definition) is 1. The molecule has 2 aliphatic heterocycles. The van der Waals surface area contributed by atoms with E-state index in [1.54, 1.807) is 72.8 Å². The van der Waals surface area contributed by atoms with Crippen molar-refractivity contribution in [3.63, 3.8) is 0 Å². The quantitative estimate of drug-likeness (QED) is 0.503. The second kappa shape index (κ2) is 7.25. The molecule has 5 rings (SSSR count). The summed E-state index contributed by atoms with van der Waals surface area (Å²) in [6.07, 6.45) is 2.77. The molecule has 0 amide bonds. The maximum Gasteiger partial charge on any atom is 0.357 e. The number of Topliss-reactive ketones (excluding diaryl/α,β-unsaturated/α-hetero) is 1. The first-order valence-electron chi connectivity index (χ1n) is 9.86. The predicted molar refractivity (Wildman–Crippen MR) is 113 cm³/mol. The summed E-state index contributed by atoms with van der Waals surface area (Å²) in [6, 6.07) is 20.1. The summed E-state index contributed by atoms with van der Waals surface area (Å²) in [5, 5.41) is 11.7. The zero-order valence-corrected chi connectivity index (χ0v) is 17.0. The summed E-state index contributed by atoms with van der Waals surface area (Å²) < 4.78 is 22.9. The Bertz CT molecular complexity index is 1250. The lowest BCUT2D eigenvalue weighted by atomic mass is 9.85. The molecule has 32 heavy (non-hydrogen) atoms. The summed E-state index contributed by atoms with van der Waals surface area (Å²) in [4.78, 5) is 24.9. The van der Waals surface area contributed by atoms with E-state index < -0.39 is 23.3 Å². The number of carbonyl (C=O) groups excluding carboxylic acids is 2. The van der Waals surface area contributed by atoms with Crippen LogP contribution in [0.3, 0.4) is 0 Å². The Morgan fingerprint density at radius 3 is 2.41 bits per heavy atom. The third kappa shape index (κ3) is 2.86. The van der Waals surface area contributed by atoms with Crippen LogP contribution in [0.15, 0.2) is 78.9 Å². The standard InChI is InChI=1S/C25H18O7/c1-29-22(26)14-12-16-11-13-20-21(15-16)30-24(28)23(27)18-9-5-6-10-19(18)31-25(24,32-20)17-7-3-2-4-8-17/h2-15,28H,1H3/b14-12+. The van der Waals surface area contributed by atoms with E-state index >= 15 is 0 Å². The summed E-state index contributed by atoms with van der Waals surface area (Å²) in [6.45, 7) is 0. The zero-order chi connectivity index (χ0) is 22.3. The van der Waals surface area contributed by atoms with E-state index in [1.807, 2.05) is 0 Å². The maximum absolute atomic E-state index is 13.5. The van der Waals surface area contributed by atoms with Gasteiger partial charge in [-0.1, -0.05) is 48.5 Å². The Morgan fingerprint density at radius 2 is 1.62 bits per heavy atom. The van der Waals surface area contributed by atoms with Gasteiger partial charge in [-0.2, -0.15) is 0 Å². The maximum atomic E-state index is 13.5. The van der Waals surface area contributed by atoms with Crippen LogP contribution in [0.1, 0.15) is 21.5 Å². The van der Waals surface area contributed by atoms with Crippen LogP contribution in [0.25, 0.3) is 6.08 Å². The Hall–Kier alpha value is -4.10. The number of fused-ring (bicyclic) bond motifs is 3. The van der Waals surface area contributed by atoms with Gasteiger partial charge in [0.1, 0.15) is 5.75 Å². The molecule has 0 spiro atoms. The van der Waals surface area contributed by atoms with Gasteiger partial charge in [0.05, 0.1) is 12.7 Å². The number of esters is 1. The monoisotopic (exact) mass is 430 g/mol. The fourth-order valence-corrected chi connectivity index (χ4v) is 3.81. The number of carbonyl (C=O) groups is 2. The van der Waals surface area contributed by atoms with E-state index in [-0.39, 0.29) is 22.8 Å². The zero-order valence-electron chi connectivity index (χ0n) is 17.0. The number of ketones is 1. The van der Waals surface area contributed by atoms with Crippen LogP contribution in [-0.4, -0.2) is 29.8 Å². The van der Waals surface area contributed by atoms with Gasteiger partial charge in [0.15, 0.2) is 11.5 Å². The van der Waals surface area contributed by atoms with Crippen LogP contribution in [0, 0.1) is 0 Å². The molecule has 2 aliphatic rings. The molecule has 3 aromatic carbocycles. The topological polar surface area (TPSA) is 91.3 Å². The predicted octanol–water partition coefficient (Wildman–Crippen LogP) is 3.46. The lowest BCUT2D eigenvalue weighted by Crippen LogP contribution is -2.70. The molecule has 0 saturated carbocycles. The smallest absolute Gasteiger partial charge is 0.357 e. The van der Waals surface area contributed by atoms with Crippen molar-refractivity contribution >= 4 is 17.8 Å². The molecule has 2 heterocycles. The molecule has 0 fully saturated rings. The summed E-state index contributed by atoms with van der Waals surface area (Å²) in [5.74, 6) is -5.01. The fourth-order valence-electron chi connectivity index (χ4n) is 3.81. The molecular weight excluding hydrogens is 412 g/mol. The highest BCUT2D eigenvalue weighted by Crippen LogP contribution is 2.53. The van der Waals surface area contributed by atoms with Gasteiger partial charge >= 0.3 is 17.5 Å². The largest absolute Gasteiger partial charge is 0.466 e. The molecule has 0 bridgehead atoms. The van der Waals surface area contributed by atoms with Gasteiger partial charge in [0.25, 0.3) is 0 Å². The van der Waals surface area contributed by atoms with Crippen LogP contribution >= 0.6 is 0 Å². The van der Waals surface area contributed by atoms with Crippen molar-refractivity contribution in [3.8, 4) is 17.2 Å². The number of hydrogen-bond acceptors (Lipinski definition) is 7. The van der Waals surface area contributed by atoms with Gasteiger partial charge < -0.3 is 24.1 Å². The summed E-state index contributed by atoms with van der Waals surface area (Å²) in [7, 11) is 1.28. The third-order valence-electron chi connectivity index (χ3n) is 5.39. The normalized spacial score (nSPS) is 23.1. The number of rotatable bonds is 3. The highest BCUT2D eigenvalue weighted by Gasteiger charge is 2.70. The first kappa shape index (κ1) is 19.8. The van der Waals surface area contributed by atoms with Crippen molar-refractivity contribution in [3.05, 3.63) is 95.6 Å². The molecule has 160 valence electrons. The molecule has 7 nitrogen and oxygen atoms in total. The van der Waals surface area contributed by atoms with Crippen molar-refractivity contribution in [1.29, 1.82) is 0 Å². The molecule has 3 aromatic rings. The second-order valence-corrected chi connectivity index (χ2v) is 7.32.